The third-order valence-corrected chi connectivity index (χ3v) is 0.464. The van der Waals surface area contributed by atoms with Crippen LogP contribution in [0.15, 0.2) is 0 Å². The van der Waals surface area contributed by atoms with Gasteiger partial charge in [0, 0.05) is 13.0 Å². The minimum atomic E-state index is -0.0185. The van der Waals surface area contributed by atoms with Gasteiger partial charge in [0.15, 0.2) is 0 Å². The van der Waals surface area contributed by atoms with Crippen LogP contribution in [0, 0.1) is 0 Å². The van der Waals surface area contributed by atoms with Gasteiger partial charge in [0.1, 0.15) is 5.78 Å². The average Bonchev–Trinajstić information content (AvgIpc) is 1.67. The number of Topliss-reactive ketones (excluding diaryl/α,β-unsaturated/α-hetero) is 1. The van der Waals surface area contributed by atoms with E-state index >= 15 is 0 Å². The summed E-state index contributed by atoms with van der Waals surface area (Å²) in [5.74, 6) is 0.0394. The molecule has 0 heterocycles. The van der Waals surface area contributed by atoms with Crippen LogP contribution in [0.4, 0.5) is 0 Å². The lowest BCUT2D eigenvalue weighted by atomic mass is 10.3. The van der Waals surface area contributed by atoms with Crippen molar-refractivity contribution in [2.45, 2.75) is 13.3 Å². The molecule has 0 aliphatic rings. The lowest BCUT2D eigenvalue weighted by Gasteiger charge is -1.80. The Balaban J connectivity index is 0. The fraction of sp³-hybridized carbons (Fsp3) is 0.800. The Morgan fingerprint density at radius 1 is 1.56 bits per heavy atom. The SMILES string of the molecule is CC(=O)CCO.ClCCl. The molecule has 9 heavy (non-hydrogen) atoms. The van der Waals surface area contributed by atoms with E-state index in [2.05, 4.69) is 0 Å². The number of alkyl halides is 2. The molecule has 0 aromatic heterocycles. The summed E-state index contributed by atoms with van der Waals surface area (Å²) >= 11 is 9.53. The standard InChI is InChI=1S/C4H8O2.CH2Cl2/c1-4(6)2-3-5;2-1-3/h5H,2-3H2,1H3;1H2. The molecular weight excluding hydrogens is 163 g/mol. The second-order valence-corrected chi connectivity index (χ2v) is 2.08. The van der Waals surface area contributed by atoms with Crippen LogP contribution < -0.4 is 0 Å². The molecule has 0 atom stereocenters. The van der Waals surface area contributed by atoms with E-state index in [4.69, 9.17) is 28.3 Å². The minimum absolute atomic E-state index is 0.0185. The van der Waals surface area contributed by atoms with Crippen LogP contribution in [0.25, 0.3) is 0 Å². The van der Waals surface area contributed by atoms with Gasteiger partial charge in [-0.25, -0.2) is 0 Å². The van der Waals surface area contributed by atoms with Crippen molar-refractivity contribution >= 4 is 29.0 Å². The second kappa shape index (κ2) is 11.1. The van der Waals surface area contributed by atoms with Crippen molar-refractivity contribution in [1.82, 2.24) is 0 Å². The summed E-state index contributed by atoms with van der Waals surface area (Å²) in [6.45, 7) is 1.44. The molecule has 4 heteroatoms. The lowest BCUT2D eigenvalue weighted by Crippen LogP contribution is -1.92. The van der Waals surface area contributed by atoms with Gasteiger partial charge in [-0.2, -0.15) is 0 Å². The highest BCUT2D eigenvalue weighted by molar-refractivity contribution is 6.40. The first-order valence-corrected chi connectivity index (χ1v) is 3.48. The van der Waals surface area contributed by atoms with Gasteiger partial charge in [0.05, 0.1) is 5.34 Å². The monoisotopic (exact) mass is 172 g/mol. The van der Waals surface area contributed by atoms with Gasteiger partial charge in [-0.05, 0) is 6.92 Å². The topological polar surface area (TPSA) is 37.3 Å². The molecule has 0 radical (unpaired) electrons. The number of rotatable bonds is 2. The number of aliphatic hydroxyl groups excluding tert-OH is 1. The molecule has 0 aliphatic carbocycles. The molecule has 0 amide bonds. The van der Waals surface area contributed by atoms with Gasteiger partial charge in [-0.1, -0.05) is 0 Å². The largest absolute Gasteiger partial charge is 0.396 e. The molecule has 0 unspecified atom stereocenters. The summed E-state index contributed by atoms with van der Waals surface area (Å²) in [6.07, 6.45) is 0.292. The fourth-order valence-electron chi connectivity index (χ4n) is 0.157. The van der Waals surface area contributed by atoms with E-state index in [9.17, 15) is 4.79 Å². The maximum Gasteiger partial charge on any atom is 0.132 e. The fourth-order valence-corrected chi connectivity index (χ4v) is 0.157. The van der Waals surface area contributed by atoms with Crippen molar-refractivity contribution < 1.29 is 9.90 Å². The van der Waals surface area contributed by atoms with Crippen LogP contribution >= 0.6 is 23.2 Å². The van der Waals surface area contributed by atoms with Crippen molar-refractivity contribution in [1.29, 1.82) is 0 Å². The smallest absolute Gasteiger partial charge is 0.132 e. The number of aliphatic hydroxyl groups is 1. The molecule has 1 N–H and O–H groups in total. The predicted octanol–water partition coefficient (Wildman–Crippen LogP) is 1.38. The van der Waals surface area contributed by atoms with Crippen LogP contribution in [0.1, 0.15) is 13.3 Å². The van der Waals surface area contributed by atoms with E-state index < -0.39 is 0 Å². The average molecular weight is 173 g/mol. The molecule has 56 valence electrons. The number of hydrogen-bond donors (Lipinski definition) is 1. The number of ketones is 1. The molecule has 0 aromatic carbocycles. The summed E-state index contributed by atoms with van der Waals surface area (Å²) < 4.78 is 0. The molecule has 0 saturated carbocycles. The molecule has 0 spiro atoms. The van der Waals surface area contributed by atoms with E-state index in [1.807, 2.05) is 0 Å². The molecular formula is C5H10Cl2O2. The molecule has 0 rings (SSSR count). The summed E-state index contributed by atoms with van der Waals surface area (Å²) in [5, 5.41) is 8.21. The quantitative estimate of drug-likeness (QED) is 0.640. The van der Waals surface area contributed by atoms with Gasteiger partial charge in [-0.3, -0.25) is 4.79 Å². The van der Waals surface area contributed by atoms with E-state index in [0.29, 0.717) is 6.42 Å². The van der Waals surface area contributed by atoms with Crippen LogP contribution in [0.2, 0.25) is 0 Å². The lowest BCUT2D eigenvalue weighted by molar-refractivity contribution is -0.117. The first-order chi connectivity index (χ1) is 4.18. The van der Waals surface area contributed by atoms with Gasteiger partial charge in [0.25, 0.3) is 0 Å². The zero-order valence-corrected chi connectivity index (χ0v) is 6.74. The van der Waals surface area contributed by atoms with Crippen molar-refractivity contribution in [3.63, 3.8) is 0 Å². The van der Waals surface area contributed by atoms with Crippen molar-refractivity contribution in [2.24, 2.45) is 0 Å². The van der Waals surface area contributed by atoms with Gasteiger partial charge < -0.3 is 5.11 Å². The van der Waals surface area contributed by atoms with Crippen molar-refractivity contribution in [3.05, 3.63) is 0 Å². The Morgan fingerprint density at radius 2 is 1.89 bits per heavy atom. The molecule has 0 fully saturated rings. The van der Waals surface area contributed by atoms with E-state index in [0.717, 1.165) is 0 Å². The Labute approximate surface area is 64.8 Å². The molecule has 0 aromatic rings. The highest BCUT2D eigenvalue weighted by Crippen LogP contribution is 1.74. The van der Waals surface area contributed by atoms with Crippen LogP contribution in [-0.2, 0) is 4.79 Å². The normalized spacial score (nSPS) is 7.56. The van der Waals surface area contributed by atoms with Crippen LogP contribution in [0.5, 0.6) is 0 Å². The number of halogens is 2. The molecule has 2 nitrogen and oxygen atoms in total. The van der Waals surface area contributed by atoms with Gasteiger partial charge in [0.2, 0.25) is 0 Å². The van der Waals surface area contributed by atoms with E-state index in [1.165, 1.54) is 6.92 Å². The third-order valence-electron chi connectivity index (χ3n) is 0.464. The zero-order chi connectivity index (χ0) is 7.70. The van der Waals surface area contributed by atoms with Crippen molar-refractivity contribution in [3.8, 4) is 0 Å². The Morgan fingerprint density at radius 3 is 1.89 bits per heavy atom. The van der Waals surface area contributed by atoms with Gasteiger partial charge in [-0.15, -0.1) is 23.2 Å². The van der Waals surface area contributed by atoms with Crippen LogP contribution in [0.3, 0.4) is 0 Å². The summed E-state index contributed by atoms with van der Waals surface area (Å²) in [5.41, 5.74) is 0. The molecule has 0 bridgehead atoms. The Bertz CT molecular complexity index is 66.0. The van der Waals surface area contributed by atoms with E-state index in [-0.39, 0.29) is 17.7 Å². The highest BCUT2D eigenvalue weighted by Gasteiger charge is 1.84. The highest BCUT2D eigenvalue weighted by atomic mass is 35.5. The number of hydrogen-bond acceptors (Lipinski definition) is 2. The zero-order valence-electron chi connectivity index (χ0n) is 5.23. The molecule has 0 aliphatic heterocycles. The predicted molar refractivity (Wildman–Crippen MR) is 39.0 cm³/mol. The number of carbonyl (C=O) groups excluding carboxylic acids is 1. The third kappa shape index (κ3) is 30.7. The summed E-state index contributed by atoms with van der Waals surface area (Å²) in [6, 6.07) is 0. The second-order valence-electron chi connectivity index (χ2n) is 1.28. The first kappa shape index (κ1) is 11.9. The first-order valence-electron chi connectivity index (χ1n) is 2.41. The maximum absolute atomic E-state index is 9.88. The van der Waals surface area contributed by atoms with Crippen molar-refractivity contribution in [2.75, 3.05) is 11.9 Å². The van der Waals surface area contributed by atoms with Gasteiger partial charge >= 0.3 is 0 Å². The summed E-state index contributed by atoms with van der Waals surface area (Å²) in [4.78, 5) is 9.88. The summed E-state index contributed by atoms with van der Waals surface area (Å²) in [7, 11) is 0. The van der Waals surface area contributed by atoms with Crippen LogP contribution in [-0.4, -0.2) is 22.8 Å². The van der Waals surface area contributed by atoms with E-state index in [1.54, 1.807) is 0 Å². The molecule has 0 saturated heterocycles. The minimum Gasteiger partial charge on any atom is -0.396 e. The maximum atomic E-state index is 9.88. The Kier molecular flexibility index (Phi) is 14.7. The Hall–Kier alpha value is 0.210. The number of carbonyl (C=O) groups is 1.